The van der Waals surface area contributed by atoms with Crippen molar-refractivity contribution in [3.05, 3.63) is 0 Å². The first-order chi connectivity index (χ1) is 8.19. The Labute approximate surface area is 115 Å². The average Bonchev–Trinajstić information content (AvgIpc) is 2.27. The summed E-state index contributed by atoms with van der Waals surface area (Å²) in [6.45, 7) is 19.1. The smallest absolute Gasteiger partial charge is 0.0232 e. The van der Waals surface area contributed by atoms with Gasteiger partial charge in [0, 0.05) is 11.1 Å². The lowest BCUT2D eigenvalue weighted by Gasteiger charge is -2.57. The molecule has 0 aliphatic carbocycles. The summed E-state index contributed by atoms with van der Waals surface area (Å²) in [5, 5.41) is 4.18. The standard InChI is InChI=1S/C17H35N/c1-12(2)16(13(3)4)10-9-11-17(18-16,14(5)6)15(7)8/h12-15,18H,9-11H2,1-8H3. The molecule has 108 valence electrons. The summed E-state index contributed by atoms with van der Waals surface area (Å²) in [6.07, 6.45) is 4.05. The molecule has 1 rings (SSSR count). The lowest BCUT2D eigenvalue weighted by molar-refractivity contribution is 0.00142. The molecule has 1 heterocycles. The molecule has 1 aliphatic rings. The molecule has 1 fully saturated rings. The zero-order valence-corrected chi connectivity index (χ0v) is 13.9. The fraction of sp³-hybridized carbons (Fsp3) is 1.00. The molecule has 0 spiro atoms. The molecule has 18 heavy (non-hydrogen) atoms. The monoisotopic (exact) mass is 253 g/mol. The van der Waals surface area contributed by atoms with Gasteiger partial charge < -0.3 is 5.32 Å². The number of hydrogen-bond donors (Lipinski definition) is 1. The molecule has 0 aromatic heterocycles. The van der Waals surface area contributed by atoms with E-state index in [0.29, 0.717) is 34.7 Å². The second-order valence-corrected chi connectivity index (χ2v) is 7.68. The van der Waals surface area contributed by atoms with Crippen LogP contribution in [0.5, 0.6) is 0 Å². The van der Waals surface area contributed by atoms with Crippen molar-refractivity contribution in [3.8, 4) is 0 Å². The van der Waals surface area contributed by atoms with E-state index in [2.05, 4.69) is 60.7 Å². The van der Waals surface area contributed by atoms with E-state index in [0.717, 1.165) is 0 Å². The minimum Gasteiger partial charge on any atom is -0.305 e. The zero-order chi connectivity index (χ0) is 14.1. The molecule has 1 nitrogen and oxygen atoms in total. The zero-order valence-electron chi connectivity index (χ0n) is 13.9. The molecule has 0 aromatic rings. The van der Waals surface area contributed by atoms with Crippen LogP contribution in [-0.4, -0.2) is 11.1 Å². The highest BCUT2D eigenvalue weighted by Crippen LogP contribution is 2.44. The fourth-order valence-electron chi connectivity index (χ4n) is 4.30. The first kappa shape index (κ1) is 16.0. The van der Waals surface area contributed by atoms with Crippen molar-refractivity contribution in [2.75, 3.05) is 0 Å². The Hall–Kier alpha value is -0.0400. The first-order valence-corrected chi connectivity index (χ1v) is 7.98. The van der Waals surface area contributed by atoms with Gasteiger partial charge in [-0.25, -0.2) is 0 Å². The topological polar surface area (TPSA) is 12.0 Å². The third-order valence-electron chi connectivity index (χ3n) is 5.77. The molecule has 1 heteroatoms. The van der Waals surface area contributed by atoms with E-state index >= 15 is 0 Å². The molecular formula is C17H35N. The van der Waals surface area contributed by atoms with Crippen molar-refractivity contribution in [3.63, 3.8) is 0 Å². The third-order valence-corrected chi connectivity index (χ3v) is 5.77. The van der Waals surface area contributed by atoms with Gasteiger partial charge >= 0.3 is 0 Å². The number of nitrogens with one attached hydrogen (secondary N) is 1. The molecule has 0 radical (unpaired) electrons. The van der Waals surface area contributed by atoms with Crippen molar-refractivity contribution in [2.24, 2.45) is 23.7 Å². The van der Waals surface area contributed by atoms with Crippen LogP contribution in [0.4, 0.5) is 0 Å². The summed E-state index contributed by atoms with van der Waals surface area (Å²) in [4.78, 5) is 0. The van der Waals surface area contributed by atoms with Gasteiger partial charge in [-0.1, -0.05) is 55.4 Å². The summed E-state index contributed by atoms with van der Waals surface area (Å²) < 4.78 is 0. The predicted molar refractivity (Wildman–Crippen MR) is 81.8 cm³/mol. The molecule has 0 atom stereocenters. The van der Waals surface area contributed by atoms with E-state index in [9.17, 15) is 0 Å². The largest absolute Gasteiger partial charge is 0.305 e. The van der Waals surface area contributed by atoms with Crippen LogP contribution in [0.15, 0.2) is 0 Å². The number of rotatable bonds is 4. The summed E-state index contributed by atoms with van der Waals surface area (Å²) in [5.74, 6) is 2.81. The van der Waals surface area contributed by atoms with E-state index in [1.54, 1.807) is 0 Å². The predicted octanol–water partition coefficient (Wildman–Crippen LogP) is 4.86. The van der Waals surface area contributed by atoms with Crippen LogP contribution in [0.1, 0.15) is 74.7 Å². The average molecular weight is 253 g/mol. The van der Waals surface area contributed by atoms with E-state index in [4.69, 9.17) is 0 Å². The third kappa shape index (κ3) is 2.48. The highest BCUT2D eigenvalue weighted by molar-refractivity contribution is 5.07. The molecule has 0 saturated carbocycles. The van der Waals surface area contributed by atoms with Crippen LogP contribution in [0, 0.1) is 23.7 Å². The van der Waals surface area contributed by atoms with E-state index in [1.165, 1.54) is 19.3 Å². The van der Waals surface area contributed by atoms with Crippen molar-refractivity contribution in [2.45, 2.75) is 85.7 Å². The molecule has 1 saturated heterocycles. The number of piperidine rings is 1. The van der Waals surface area contributed by atoms with Gasteiger partial charge in [0.05, 0.1) is 0 Å². The highest BCUT2D eigenvalue weighted by atomic mass is 15.1. The Morgan fingerprint density at radius 3 is 1.11 bits per heavy atom. The van der Waals surface area contributed by atoms with Crippen LogP contribution in [0.25, 0.3) is 0 Å². The van der Waals surface area contributed by atoms with E-state index in [-0.39, 0.29) is 0 Å². The van der Waals surface area contributed by atoms with Crippen LogP contribution in [0.3, 0.4) is 0 Å². The van der Waals surface area contributed by atoms with Gasteiger partial charge in [-0.05, 0) is 42.9 Å². The van der Waals surface area contributed by atoms with Gasteiger partial charge in [0.2, 0.25) is 0 Å². The fourth-order valence-corrected chi connectivity index (χ4v) is 4.30. The van der Waals surface area contributed by atoms with E-state index in [1.807, 2.05) is 0 Å². The first-order valence-electron chi connectivity index (χ1n) is 7.98. The quantitative estimate of drug-likeness (QED) is 0.754. The maximum absolute atomic E-state index is 4.18. The molecule has 0 amide bonds. The van der Waals surface area contributed by atoms with Crippen molar-refractivity contribution in [1.29, 1.82) is 0 Å². The van der Waals surface area contributed by atoms with Gasteiger partial charge in [0.1, 0.15) is 0 Å². The Bertz CT molecular complexity index is 221. The Morgan fingerprint density at radius 1 is 0.611 bits per heavy atom. The highest BCUT2D eigenvalue weighted by Gasteiger charge is 2.49. The normalized spacial score (nSPS) is 23.3. The minimum absolute atomic E-state index is 0.326. The van der Waals surface area contributed by atoms with Crippen LogP contribution in [0.2, 0.25) is 0 Å². The molecular weight excluding hydrogens is 218 g/mol. The lowest BCUT2D eigenvalue weighted by Crippen LogP contribution is -2.69. The van der Waals surface area contributed by atoms with Crippen LogP contribution < -0.4 is 5.32 Å². The number of hydrogen-bond acceptors (Lipinski definition) is 1. The molecule has 0 bridgehead atoms. The summed E-state index contributed by atoms with van der Waals surface area (Å²) in [6, 6.07) is 0. The van der Waals surface area contributed by atoms with E-state index < -0.39 is 0 Å². The lowest BCUT2D eigenvalue weighted by atomic mass is 9.62. The minimum atomic E-state index is 0.326. The molecule has 1 N–H and O–H groups in total. The van der Waals surface area contributed by atoms with Gasteiger partial charge in [-0.15, -0.1) is 0 Å². The summed E-state index contributed by atoms with van der Waals surface area (Å²) >= 11 is 0. The van der Waals surface area contributed by atoms with Crippen LogP contribution >= 0.6 is 0 Å². The van der Waals surface area contributed by atoms with Gasteiger partial charge in [0.25, 0.3) is 0 Å². The van der Waals surface area contributed by atoms with Crippen molar-refractivity contribution >= 4 is 0 Å². The molecule has 0 unspecified atom stereocenters. The summed E-state index contributed by atoms with van der Waals surface area (Å²) in [7, 11) is 0. The van der Waals surface area contributed by atoms with Crippen LogP contribution in [-0.2, 0) is 0 Å². The Kier molecular flexibility index (Phi) is 4.92. The van der Waals surface area contributed by atoms with Gasteiger partial charge in [0.15, 0.2) is 0 Å². The second kappa shape index (κ2) is 5.53. The Morgan fingerprint density at radius 2 is 0.889 bits per heavy atom. The molecule has 0 aromatic carbocycles. The SMILES string of the molecule is CC(C)C1(C(C)C)CCCC(C(C)C)(C(C)C)N1. The van der Waals surface area contributed by atoms with Gasteiger partial charge in [-0.2, -0.15) is 0 Å². The Balaban J connectivity index is 3.13. The second-order valence-electron chi connectivity index (χ2n) is 7.68. The maximum Gasteiger partial charge on any atom is 0.0232 e. The maximum atomic E-state index is 4.18. The van der Waals surface area contributed by atoms with Gasteiger partial charge in [-0.3, -0.25) is 0 Å². The summed E-state index contributed by atoms with van der Waals surface area (Å²) in [5.41, 5.74) is 0.652. The van der Waals surface area contributed by atoms with Crippen molar-refractivity contribution in [1.82, 2.24) is 5.32 Å². The van der Waals surface area contributed by atoms with Crippen molar-refractivity contribution < 1.29 is 0 Å². The molecule has 1 aliphatic heterocycles.